The molecule has 162 valence electrons. The summed E-state index contributed by atoms with van der Waals surface area (Å²) in [5, 5.41) is 2.63. The molecule has 3 rings (SSSR count). The van der Waals surface area contributed by atoms with E-state index in [1.807, 2.05) is 6.07 Å². The van der Waals surface area contributed by atoms with Gasteiger partial charge in [0.2, 0.25) is 5.91 Å². The van der Waals surface area contributed by atoms with Crippen LogP contribution >= 0.6 is 0 Å². The van der Waals surface area contributed by atoms with Crippen molar-refractivity contribution in [1.29, 1.82) is 0 Å². The van der Waals surface area contributed by atoms with Crippen LogP contribution in [0.2, 0.25) is 0 Å². The first-order valence-corrected chi connectivity index (χ1v) is 9.96. The smallest absolute Gasteiger partial charge is 0.338 e. The molecule has 0 unspecified atom stereocenters. The summed E-state index contributed by atoms with van der Waals surface area (Å²) in [6, 6.07) is 15.2. The fraction of sp³-hybridized carbons (Fsp3) is 0.304. The maximum absolute atomic E-state index is 12.4. The molecular weight excluding hydrogens is 400 g/mol. The van der Waals surface area contributed by atoms with Gasteiger partial charge in [-0.1, -0.05) is 18.2 Å². The van der Waals surface area contributed by atoms with Gasteiger partial charge in [0.05, 0.1) is 17.6 Å². The van der Waals surface area contributed by atoms with E-state index in [1.54, 1.807) is 62.4 Å². The van der Waals surface area contributed by atoms with E-state index in [0.717, 1.165) is 0 Å². The number of hydrogen-bond acceptors (Lipinski definition) is 6. The molecule has 1 aliphatic heterocycles. The molecule has 8 heteroatoms. The lowest BCUT2D eigenvalue weighted by molar-refractivity contribution is -0.151. The molecule has 2 amide bonds. The van der Waals surface area contributed by atoms with Gasteiger partial charge in [-0.2, -0.15) is 0 Å². The molecule has 1 atom stereocenters. The van der Waals surface area contributed by atoms with E-state index in [4.69, 9.17) is 9.47 Å². The molecule has 1 aliphatic rings. The van der Waals surface area contributed by atoms with Crippen LogP contribution in [0.15, 0.2) is 54.6 Å². The van der Waals surface area contributed by atoms with Crippen molar-refractivity contribution >= 4 is 35.1 Å². The van der Waals surface area contributed by atoms with Gasteiger partial charge in [0.15, 0.2) is 6.61 Å². The van der Waals surface area contributed by atoms with Gasteiger partial charge >= 0.3 is 11.9 Å². The van der Waals surface area contributed by atoms with Gasteiger partial charge in [-0.3, -0.25) is 14.4 Å². The first-order chi connectivity index (χ1) is 14.8. The van der Waals surface area contributed by atoms with Gasteiger partial charge in [0.1, 0.15) is 0 Å². The van der Waals surface area contributed by atoms with Crippen molar-refractivity contribution in [3.63, 3.8) is 0 Å². The number of esters is 2. The number of hydrogen-bond donors (Lipinski definition) is 1. The zero-order valence-electron chi connectivity index (χ0n) is 17.4. The number of rotatable bonds is 7. The van der Waals surface area contributed by atoms with Crippen molar-refractivity contribution in [2.75, 3.05) is 23.4 Å². The Balaban J connectivity index is 1.52. The Morgan fingerprint density at radius 2 is 1.74 bits per heavy atom. The molecule has 31 heavy (non-hydrogen) atoms. The van der Waals surface area contributed by atoms with Crippen molar-refractivity contribution in [2.24, 2.45) is 5.92 Å². The number of nitrogens with zero attached hydrogens (tertiary/aromatic N) is 1. The third-order valence-electron chi connectivity index (χ3n) is 4.62. The second-order valence-corrected chi connectivity index (χ2v) is 7.43. The minimum atomic E-state index is -0.664. The Kier molecular flexibility index (Phi) is 7.02. The normalized spacial score (nSPS) is 15.6. The lowest BCUT2D eigenvalue weighted by atomic mass is 10.1. The Bertz CT molecular complexity index is 956. The molecule has 0 spiro atoms. The van der Waals surface area contributed by atoms with Crippen LogP contribution in [-0.4, -0.2) is 43.0 Å². The summed E-state index contributed by atoms with van der Waals surface area (Å²) in [4.78, 5) is 50.0. The minimum absolute atomic E-state index is 0.00369. The average molecular weight is 424 g/mol. The highest BCUT2D eigenvalue weighted by Crippen LogP contribution is 2.26. The van der Waals surface area contributed by atoms with E-state index in [2.05, 4.69) is 5.32 Å². The topological polar surface area (TPSA) is 102 Å². The van der Waals surface area contributed by atoms with Crippen LogP contribution in [0.4, 0.5) is 11.4 Å². The summed E-state index contributed by atoms with van der Waals surface area (Å²) >= 11 is 0. The maximum Gasteiger partial charge on any atom is 0.338 e. The quantitative estimate of drug-likeness (QED) is 0.686. The average Bonchev–Trinajstić information content (AvgIpc) is 3.14. The molecule has 0 radical (unpaired) electrons. The number of para-hydroxylation sites is 1. The third kappa shape index (κ3) is 5.91. The number of anilines is 2. The van der Waals surface area contributed by atoms with Crippen LogP contribution in [0, 0.1) is 5.92 Å². The molecule has 0 bridgehead atoms. The number of benzene rings is 2. The first-order valence-electron chi connectivity index (χ1n) is 9.96. The second kappa shape index (κ2) is 9.88. The van der Waals surface area contributed by atoms with Crippen molar-refractivity contribution in [3.8, 4) is 0 Å². The van der Waals surface area contributed by atoms with E-state index in [1.165, 1.54) is 4.90 Å². The number of carbonyl (C=O) groups excluding carboxylic acids is 4. The third-order valence-corrected chi connectivity index (χ3v) is 4.62. The second-order valence-electron chi connectivity index (χ2n) is 7.43. The van der Waals surface area contributed by atoms with E-state index < -0.39 is 30.4 Å². The van der Waals surface area contributed by atoms with Crippen LogP contribution in [0.5, 0.6) is 0 Å². The number of carbonyl (C=O) groups is 4. The Morgan fingerprint density at radius 3 is 2.39 bits per heavy atom. The summed E-state index contributed by atoms with van der Waals surface area (Å²) in [6.07, 6.45) is -0.232. The van der Waals surface area contributed by atoms with Crippen molar-refractivity contribution in [3.05, 3.63) is 60.2 Å². The van der Waals surface area contributed by atoms with Crippen molar-refractivity contribution < 1.29 is 28.7 Å². The SMILES string of the molecule is CC(C)OC(=O)c1ccc(N2C[C@H](C(=O)OCC(=O)Nc3ccccc3)CC2=O)cc1. The predicted octanol–water partition coefficient (Wildman–Crippen LogP) is 2.79. The Hall–Kier alpha value is -3.68. The summed E-state index contributed by atoms with van der Waals surface area (Å²) in [6.45, 7) is 3.25. The van der Waals surface area contributed by atoms with Gasteiger partial charge in [-0.05, 0) is 50.2 Å². The number of amides is 2. The number of nitrogens with one attached hydrogen (secondary N) is 1. The summed E-state index contributed by atoms with van der Waals surface area (Å²) in [5.41, 5.74) is 1.55. The molecule has 0 aromatic heterocycles. The molecule has 1 fully saturated rings. The van der Waals surface area contributed by atoms with Gasteiger partial charge in [0.25, 0.3) is 5.91 Å². The van der Waals surface area contributed by atoms with E-state index >= 15 is 0 Å². The van der Waals surface area contributed by atoms with E-state index in [-0.39, 0.29) is 25.0 Å². The molecule has 2 aromatic carbocycles. The zero-order valence-corrected chi connectivity index (χ0v) is 17.4. The van der Waals surface area contributed by atoms with Gasteiger partial charge in [0, 0.05) is 24.3 Å². The first kappa shape index (κ1) is 22.0. The maximum atomic E-state index is 12.4. The standard InChI is InChI=1S/C23H24N2O6/c1-15(2)31-23(29)16-8-10-19(11-9-16)25-13-17(12-21(25)27)22(28)30-14-20(26)24-18-6-4-3-5-7-18/h3-11,15,17H,12-14H2,1-2H3,(H,24,26)/t17-/m1/s1. The lowest BCUT2D eigenvalue weighted by Crippen LogP contribution is -2.28. The summed E-state index contributed by atoms with van der Waals surface area (Å²) in [7, 11) is 0. The summed E-state index contributed by atoms with van der Waals surface area (Å²) in [5.74, 6) is -2.39. The summed E-state index contributed by atoms with van der Waals surface area (Å²) < 4.78 is 10.2. The monoisotopic (exact) mass is 424 g/mol. The van der Waals surface area contributed by atoms with E-state index in [9.17, 15) is 19.2 Å². The van der Waals surface area contributed by atoms with Gasteiger partial charge in [-0.25, -0.2) is 4.79 Å². The molecule has 0 saturated carbocycles. The Morgan fingerprint density at radius 1 is 1.06 bits per heavy atom. The van der Waals surface area contributed by atoms with Gasteiger partial charge in [-0.15, -0.1) is 0 Å². The lowest BCUT2D eigenvalue weighted by Gasteiger charge is -2.17. The van der Waals surface area contributed by atoms with Crippen molar-refractivity contribution in [2.45, 2.75) is 26.4 Å². The largest absolute Gasteiger partial charge is 0.459 e. The van der Waals surface area contributed by atoms with Gasteiger partial charge < -0.3 is 19.7 Å². The van der Waals surface area contributed by atoms with Crippen LogP contribution in [0.25, 0.3) is 0 Å². The number of ether oxygens (including phenoxy) is 2. The van der Waals surface area contributed by atoms with E-state index in [0.29, 0.717) is 16.9 Å². The fourth-order valence-corrected chi connectivity index (χ4v) is 3.15. The molecule has 0 aliphatic carbocycles. The predicted molar refractivity (Wildman–Crippen MR) is 113 cm³/mol. The van der Waals surface area contributed by atoms with Crippen LogP contribution in [0.1, 0.15) is 30.6 Å². The van der Waals surface area contributed by atoms with Crippen LogP contribution in [-0.2, 0) is 23.9 Å². The minimum Gasteiger partial charge on any atom is -0.459 e. The highest BCUT2D eigenvalue weighted by Gasteiger charge is 2.36. The van der Waals surface area contributed by atoms with Crippen LogP contribution < -0.4 is 10.2 Å². The molecule has 8 nitrogen and oxygen atoms in total. The molecule has 1 N–H and O–H groups in total. The van der Waals surface area contributed by atoms with Crippen molar-refractivity contribution in [1.82, 2.24) is 0 Å². The highest BCUT2D eigenvalue weighted by atomic mass is 16.5. The van der Waals surface area contributed by atoms with Crippen LogP contribution in [0.3, 0.4) is 0 Å². The molecule has 1 saturated heterocycles. The fourth-order valence-electron chi connectivity index (χ4n) is 3.15. The molecule has 1 heterocycles. The highest BCUT2D eigenvalue weighted by molar-refractivity contribution is 6.00. The zero-order chi connectivity index (χ0) is 22.4. The molecular formula is C23H24N2O6. The Labute approximate surface area is 180 Å². The molecule has 2 aromatic rings.